The number of thiazole rings is 1. The third-order valence-corrected chi connectivity index (χ3v) is 5.80. The highest BCUT2D eigenvalue weighted by Gasteiger charge is 2.35. The number of amides is 1. The van der Waals surface area contributed by atoms with Crippen LogP contribution in [0.15, 0.2) is 22.7 Å². The van der Waals surface area contributed by atoms with E-state index in [0.717, 1.165) is 29.1 Å². The largest absolute Gasteiger partial charge is 0.339 e. The normalized spacial score (nSPS) is 18.2. The van der Waals surface area contributed by atoms with Crippen LogP contribution >= 0.6 is 11.3 Å². The number of hydrogen-bond donors (Lipinski definition) is 1. The fourth-order valence-electron chi connectivity index (χ4n) is 3.22. The van der Waals surface area contributed by atoms with Crippen LogP contribution in [-0.4, -0.2) is 45.6 Å². The summed E-state index contributed by atoms with van der Waals surface area (Å²) >= 11 is 1.51. The van der Waals surface area contributed by atoms with E-state index in [2.05, 4.69) is 38.3 Å². The minimum Gasteiger partial charge on any atom is -0.339 e. The molecule has 8 heteroatoms. The van der Waals surface area contributed by atoms with Crippen molar-refractivity contribution in [2.75, 3.05) is 25.0 Å². The topological polar surface area (TPSA) is 84.2 Å². The zero-order valence-corrected chi connectivity index (χ0v) is 15.3. The fraction of sp³-hybridized carbons (Fsp3) is 0.444. The summed E-state index contributed by atoms with van der Waals surface area (Å²) in [6.45, 7) is 3.96. The van der Waals surface area contributed by atoms with Gasteiger partial charge in [-0.25, -0.2) is 4.98 Å². The molecule has 1 aliphatic carbocycles. The molecule has 2 fully saturated rings. The van der Waals surface area contributed by atoms with E-state index in [1.54, 1.807) is 0 Å². The van der Waals surface area contributed by atoms with Gasteiger partial charge in [-0.15, -0.1) is 0 Å². The van der Waals surface area contributed by atoms with Gasteiger partial charge in [-0.05, 0) is 37.5 Å². The van der Waals surface area contributed by atoms with Gasteiger partial charge in [-0.1, -0.05) is 22.6 Å². The van der Waals surface area contributed by atoms with E-state index in [1.807, 2.05) is 12.1 Å². The van der Waals surface area contributed by atoms with Crippen LogP contribution in [0, 0.1) is 6.92 Å². The predicted molar refractivity (Wildman–Crippen MR) is 98.4 cm³/mol. The second kappa shape index (κ2) is 6.14. The Kier molecular flexibility index (Phi) is 3.75. The highest BCUT2D eigenvalue weighted by atomic mass is 32.1. The molecule has 26 heavy (non-hydrogen) atoms. The maximum absolute atomic E-state index is 12.3. The molecular formula is C18H19N5O2S. The number of anilines is 1. The van der Waals surface area contributed by atoms with E-state index in [-0.39, 0.29) is 11.8 Å². The third-order valence-electron chi connectivity index (χ3n) is 4.86. The summed E-state index contributed by atoms with van der Waals surface area (Å²) in [5.74, 6) is 2.27. The Bertz CT molecular complexity index is 971. The van der Waals surface area contributed by atoms with Gasteiger partial charge in [0.05, 0.1) is 22.7 Å². The molecule has 0 bridgehead atoms. The molecule has 2 aromatic heterocycles. The Morgan fingerprint density at radius 2 is 2.15 bits per heavy atom. The molecule has 0 spiro atoms. The Hall–Kier alpha value is -2.32. The zero-order valence-electron chi connectivity index (χ0n) is 14.4. The maximum atomic E-state index is 12.3. The maximum Gasteiger partial charge on any atom is 0.240 e. The predicted octanol–water partition coefficient (Wildman–Crippen LogP) is 2.90. The highest BCUT2D eigenvalue weighted by Crippen LogP contribution is 2.39. The molecule has 134 valence electrons. The lowest BCUT2D eigenvalue weighted by atomic mass is 10.0. The van der Waals surface area contributed by atoms with Crippen LogP contribution in [0.3, 0.4) is 0 Å². The summed E-state index contributed by atoms with van der Waals surface area (Å²) in [4.78, 5) is 23.3. The van der Waals surface area contributed by atoms with E-state index in [4.69, 9.17) is 4.52 Å². The van der Waals surface area contributed by atoms with Crippen LogP contribution in [0.2, 0.25) is 0 Å². The van der Waals surface area contributed by atoms with Crippen LogP contribution in [0.5, 0.6) is 0 Å². The van der Waals surface area contributed by atoms with E-state index >= 15 is 0 Å². The first-order valence-electron chi connectivity index (χ1n) is 8.87. The van der Waals surface area contributed by atoms with Crippen LogP contribution in [0.1, 0.15) is 42.0 Å². The Labute approximate surface area is 154 Å². The van der Waals surface area contributed by atoms with Crippen molar-refractivity contribution >= 4 is 32.6 Å². The van der Waals surface area contributed by atoms with Crippen molar-refractivity contribution in [2.45, 2.75) is 31.6 Å². The Balaban J connectivity index is 1.15. The van der Waals surface area contributed by atoms with E-state index in [1.165, 1.54) is 29.7 Å². The van der Waals surface area contributed by atoms with Gasteiger partial charge in [0.25, 0.3) is 0 Å². The van der Waals surface area contributed by atoms with E-state index < -0.39 is 0 Å². The molecule has 3 aromatic rings. The van der Waals surface area contributed by atoms with Crippen molar-refractivity contribution < 1.29 is 9.32 Å². The lowest BCUT2D eigenvalue weighted by Gasteiger charge is -2.36. The number of carbonyl (C=O) groups excluding carboxylic acids is 1. The first kappa shape index (κ1) is 15.9. The van der Waals surface area contributed by atoms with Crippen molar-refractivity contribution in [2.24, 2.45) is 0 Å². The number of likely N-dealkylation sites (tertiary alicyclic amines) is 1. The number of aromatic nitrogens is 3. The highest BCUT2D eigenvalue weighted by molar-refractivity contribution is 7.22. The minimum atomic E-state index is -0.0385. The van der Waals surface area contributed by atoms with Crippen molar-refractivity contribution in [3.05, 3.63) is 35.5 Å². The quantitative estimate of drug-likeness (QED) is 0.744. The lowest BCUT2D eigenvalue weighted by molar-refractivity contribution is -0.118. The van der Waals surface area contributed by atoms with Crippen molar-refractivity contribution in [1.29, 1.82) is 0 Å². The molecule has 1 saturated heterocycles. The zero-order chi connectivity index (χ0) is 17.7. The van der Waals surface area contributed by atoms with Gasteiger partial charge in [0.15, 0.2) is 11.0 Å². The van der Waals surface area contributed by atoms with Crippen LogP contribution in [-0.2, 0) is 4.79 Å². The summed E-state index contributed by atoms with van der Waals surface area (Å²) < 4.78 is 6.46. The molecule has 1 aromatic carbocycles. The summed E-state index contributed by atoms with van der Waals surface area (Å²) in [6.07, 6.45) is 2.34. The van der Waals surface area contributed by atoms with Crippen LogP contribution in [0.25, 0.3) is 10.2 Å². The molecule has 0 atom stereocenters. The van der Waals surface area contributed by atoms with Gasteiger partial charge >= 0.3 is 0 Å². The average molecular weight is 369 g/mol. The van der Waals surface area contributed by atoms with Gasteiger partial charge in [0, 0.05) is 19.0 Å². The molecule has 1 N–H and O–H groups in total. The van der Waals surface area contributed by atoms with Crippen molar-refractivity contribution in [3.8, 4) is 0 Å². The van der Waals surface area contributed by atoms with Gasteiger partial charge in [-0.2, -0.15) is 4.98 Å². The van der Waals surface area contributed by atoms with E-state index in [9.17, 15) is 4.79 Å². The SMILES string of the molecule is Cc1ccc2nc(NC(=O)CN3CC(c4nc(C5CC5)no4)C3)sc2c1. The summed E-state index contributed by atoms with van der Waals surface area (Å²) in [5, 5.41) is 7.62. The number of carbonyl (C=O) groups is 1. The molecule has 1 aliphatic heterocycles. The number of hydrogen-bond acceptors (Lipinski definition) is 7. The second-order valence-electron chi connectivity index (χ2n) is 7.19. The average Bonchev–Trinajstić information content (AvgIpc) is 3.17. The first-order valence-corrected chi connectivity index (χ1v) is 9.68. The van der Waals surface area contributed by atoms with E-state index in [0.29, 0.717) is 23.5 Å². The van der Waals surface area contributed by atoms with Gasteiger partial charge in [0.2, 0.25) is 11.8 Å². The van der Waals surface area contributed by atoms with Gasteiger partial charge < -0.3 is 9.84 Å². The number of rotatable bonds is 5. The summed E-state index contributed by atoms with van der Waals surface area (Å²) in [7, 11) is 0. The number of benzene rings is 1. The van der Waals surface area contributed by atoms with Crippen LogP contribution < -0.4 is 5.32 Å². The number of nitrogens with one attached hydrogen (secondary N) is 1. The monoisotopic (exact) mass is 369 g/mol. The number of fused-ring (bicyclic) bond motifs is 1. The molecule has 5 rings (SSSR count). The second-order valence-corrected chi connectivity index (χ2v) is 8.23. The molecule has 0 unspecified atom stereocenters. The molecule has 0 radical (unpaired) electrons. The molecule has 7 nitrogen and oxygen atoms in total. The van der Waals surface area contributed by atoms with Gasteiger partial charge in [-0.3, -0.25) is 9.69 Å². The molecular weight excluding hydrogens is 350 g/mol. The molecule has 3 heterocycles. The number of aryl methyl sites for hydroxylation is 1. The lowest BCUT2D eigenvalue weighted by Crippen LogP contribution is -2.48. The summed E-state index contributed by atoms with van der Waals surface area (Å²) in [6, 6.07) is 6.10. The Morgan fingerprint density at radius 3 is 2.96 bits per heavy atom. The van der Waals surface area contributed by atoms with Crippen LogP contribution in [0.4, 0.5) is 5.13 Å². The summed E-state index contributed by atoms with van der Waals surface area (Å²) in [5.41, 5.74) is 2.11. The molecule has 1 saturated carbocycles. The Morgan fingerprint density at radius 1 is 1.31 bits per heavy atom. The minimum absolute atomic E-state index is 0.0385. The molecule has 2 aliphatic rings. The number of nitrogens with zero attached hydrogens (tertiary/aromatic N) is 4. The third kappa shape index (κ3) is 3.10. The first-order chi connectivity index (χ1) is 12.6. The smallest absolute Gasteiger partial charge is 0.240 e. The van der Waals surface area contributed by atoms with Gasteiger partial charge in [0.1, 0.15) is 0 Å². The van der Waals surface area contributed by atoms with Crippen molar-refractivity contribution in [1.82, 2.24) is 20.0 Å². The van der Waals surface area contributed by atoms with Crippen molar-refractivity contribution in [3.63, 3.8) is 0 Å². The molecule has 1 amide bonds. The fourth-order valence-corrected chi connectivity index (χ4v) is 4.20. The standard InChI is InChI=1S/C18H19N5O2S/c1-10-2-5-13-14(6-10)26-18(19-13)20-15(24)9-23-7-12(8-23)17-21-16(22-25-17)11-3-4-11/h2,5-6,11-12H,3-4,7-9H2,1H3,(H,19,20,24).